The third-order valence-corrected chi connectivity index (χ3v) is 3.01. The molecule has 0 aromatic carbocycles. The van der Waals surface area contributed by atoms with Crippen LogP contribution in [-0.2, 0) is 22.5 Å². The van der Waals surface area contributed by atoms with Crippen molar-refractivity contribution in [2.24, 2.45) is 5.73 Å². The van der Waals surface area contributed by atoms with Gasteiger partial charge in [-0.2, -0.15) is 5.10 Å². The number of hydrogen-bond donors (Lipinski definition) is 1. The number of nitrogens with two attached hydrogens (primary N) is 1. The van der Waals surface area contributed by atoms with E-state index in [1.807, 2.05) is 13.8 Å². The molecule has 17 heavy (non-hydrogen) atoms. The third kappa shape index (κ3) is 2.66. The number of ether oxygens (including phenoxy) is 1. The predicted molar refractivity (Wildman–Crippen MR) is 65.7 cm³/mol. The molecule has 1 aromatic heterocycles. The van der Waals surface area contributed by atoms with E-state index in [1.165, 1.54) is 12.7 Å². The summed E-state index contributed by atoms with van der Waals surface area (Å²) in [6.07, 6.45) is 0.928. The molecule has 0 fully saturated rings. The number of nitrogens with zero attached hydrogens (tertiary/aromatic N) is 2. The highest BCUT2D eigenvalue weighted by Gasteiger charge is 2.31. The van der Waals surface area contributed by atoms with E-state index >= 15 is 0 Å². The van der Waals surface area contributed by atoms with Crippen molar-refractivity contribution in [3.63, 3.8) is 0 Å². The molecule has 1 rings (SSSR count). The molecule has 0 aliphatic heterocycles. The van der Waals surface area contributed by atoms with Crippen molar-refractivity contribution in [3.8, 4) is 0 Å². The molecule has 0 amide bonds. The molecule has 0 spiro atoms. The van der Waals surface area contributed by atoms with Crippen LogP contribution in [0.1, 0.15) is 30.8 Å². The molecule has 0 aliphatic rings. The summed E-state index contributed by atoms with van der Waals surface area (Å²) in [5.74, 6) is -0.428. The lowest BCUT2D eigenvalue weighted by molar-refractivity contribution is -0.147. The first-order valence-electron chi connectivity index (χ1n) is 5.73. The highest BCUT2D eigenvalue weighted by Crippen LogP contribution is 2.16. The number of aryl methyl sites for hydroxylation is 1. The minimum absolute atomic E-state index is 0.326. The number of aromatic nitrogens is 2. The maximum absolute atomic E-state index is 11.5. The summed E-state index contributed by atoms with van der Waals surface area (Å²) in [4.78, 5) is 11.5. The van der Waals surface area contributed by atoms with Crippen LogP contribution in [0.3, 0.4) is 0 Å². The minimum atomic E-state index is -1.05. The maximum atomic E-state index is 11.5. The lowest BCUT2D eigenvalue weighted by Gasteiger charge is -2.22. The zero-order chi connectivity index (χ0) is 13.2. The first kappa shape index (κ1) is 13.7. The highest BCUT2D eigenvalue weighted by atomic mass is 16.5. The SMILES string of the molecule is CCc1c(C)nn(CC(C)(N)C(=O)OC)c1C. The van der Waals surface area contributed by atoms with Crippen LogP contribution in [0.25, 0.3) is 0 Å². The third-order valence-electron chi connectivity index (χ3n) is 3.01. The normalized spacial score (nSPS) is 14.5. The van der Waals surface area contributed by atoms with Gasteiger partial charge in [0.1, 0.15) is 5.54 Å². The Morgan fingerprint density at radius 2 is 2.12 bits per heavy atom. The van der Waals surface area contributed by atoms with Crippen LogP contribution in [0, 0.1) is 13.8 Å². The standard InChI is InChI=1S/C12H21N3O2/c1-6-10-8(2)14-15(9(10)3)7-12(4,13)11(16)17-5/h6-7,13H2,1-5H3. The fourth-order valence-electron chi connectivity index (χ4n) is 2.01. The number of carbonyl (C=O) groups is 1. The van der Waals surface area contributed by atoms with Gasteiger partial charge in [-0.1, -0.05) is 6.92 Å². The Labute approximate surface area is 102 Å². The molecule has 96 valence electrons. The topological polar surface area (TPSA) is 70.1 Å². The molecule has 5 heteroatoms. The van der Waals surface area contributed by atoms with Gasteiger partial charge in [0.2, 0.25) is 0 Å². The summed E-state index contributed by atoms with van der Waals surface area (Å²) in [5, 5.41) is 4.41. The first-order valence-corrected chi connectivity index (χ1v) is 5.73. The zero-order valence-electron chi connectivity index (χ0n) is 11.2. The smallest absolute Gasteiger partial charge is 0.327 e. The van der Waals surface area contributed by atoms with Gasteiger partial charge in [0.15, 0.2) is 0 Å². The Morgan fingerprint density at radius 3 is 2.53 bits per heavy atom. The van der Waals surface area contributed by atoms with Crippen molar-refractivity contribution in [1.29, 1.82) is 0 Å². The largest absolute Gasteiger partial charge is 0.468 e. The van der Waals surface area contributed by atoms with Crippen LogP contribution < -0.4 is 5.73 Å². The lowest BCUT2D eigenvalue weighted by atomic mass is 10.0. The van der Waals surface area contributed by atoms with Gasteiger partial charge < -0.3 is 10.5 Å². The van der Waals surface area contributed by atoms with Gasteiger partial charge in [-0.05, 0) is 32.8 Å². The van der Waals surface area contributed by atoms with E-state index in [9.17, 15) is 4.79 Å². The van der Waals surface area contributed by atoms with Gasteiger partial charge in [-0.25, -0.2) is 0 Å². The van der Waals surface area contributed by atoms with Crippen molar-refractivity contribution in [3.05, 3.63) is 17.0 Å². The second-order valence-electron chi connectivity index (χ2n) is 4.57. The van der Waals surface area contributed by atoms with Crippen LogP contribution >= 0.6 is 0 Å². The van der Waals surface area contributed by atoms with Crippen LogP contribution in [0.15, 0.2) is 0 Å². The van der Waals surface area contributed by atoms with Gasteiger partial charge >= 0.3 is 5.97 Å². The average Bonchev–Trinajstić information content (AvgIpc) is 2.52. The summed E-state index contributed by atoms with van der Waals surface area (Å²) < 4.78 is 6.47. The molecule has 2 N–H and O–H groups in total. The molecule has 0 bridgehead atoms. The molecule has 0 saturated heterocycles. The summed E-state index contributed by atoms with van der Waals surface area (Å²) in [6, 6.07) is 0. The Bertz CT molecular complexity index is 422. The van der Waals surface area contributed by atoms with Gasteiger partial charge in [-0.15, -0.1) is 0 Å². The van der Waals surface area contributed by atoms with Crippen LogP contribution in [0.2, 0.25) is 0 Å². The second kappa shape index (κ2) is 4.87. The zero-order valence-corrected chi connectivity index (χ0v) is 11.2. The molecule has 0 aliphatic carbocycles. The Kier molecular flexibility index (Phi) is 3.93. The number of carbonyl (C=O) groups excluding carboxylic acids is 1. The molecule has 1 aromatic rings. The first-order chi connectivity index (χ1) is 7.83. The highest BCUT2D eigenvalue weighted by molar-refractivity contribution is 5.79. The predicted octanol–water partition coefficient (Wildman–Crippen LogP) is 0.953. The lowest BCUT2D eigenvalue weighted by Crippen LogP contribution is -2.49. The quantitative estimate of drug-likeness (QED) is 0.794. The number of esters is 1. The summed E-state index contributed by atoms with van der Waals surface area (Å²) in [6.45, 7) is 8.02. The van der Waals surface area contributed by atoms with Crippen molar-refractivity contribution >= 4 is 5.97 Å². The van der Waals surface area contributed by atoms with Gasteiger partial charge in [0.05, 0.1) is 19.3 Å². The van der Waals surface area contributed by atoms with Crippen molar-refractivity contribution < 1.29 is 9.53 Å². The molecular weight excluding hydrogens is 218 g/mol. The van der Waals surface area contributed by atoms with E-state index in [1.54, 1.807) is 11.6 Å². The molecule has 1 atom stereocenters. The van der Waals surface area contributed by atoms with Crippen molar-refractivity contribution in [2.45, 2.75) is 46.2 Å². The molecule has 1 unspecified atom stereocenters. The fraction of sp³-hybridized carbons (Fsp3) is 0.667. The fourth-order valence-corrected chi connectivity index (χ4v) is 2.01. The Balaban J connectivity index is 3.00. The summed E-state index contributed by atoms with van der Waals surface area (Å²) in [7, 11) is 1.34. The van der Waals surface area contributed by atoms with Crippen LogP contribution in [-0.4, -0.2) is 28.4 Å². The molecule has 1 heterocycles. The van der Waals surface area contributed by atoms with E-state index in [2.05, 4.69) is 16.8 Å². The molecule has 0 radical (unpaired) electrons. The Morgan fingerprint density at radius 1 is 1.53 bits per heavy atom. The van der Waals surface area contributed by atoms with E-state index in [-0.39, 0.29) is 0 Å². The van der Waals surface area contributed by atoms with Gasteiger partial charge in [0.25, 0.3) is 0 Å². The van der Waals surface area contributed by atoms with Crippen molar-refractivity contribution in [1.82, 2.24) is 9.78 Å². The van der Waals surface area contributed by atoms with Gasteiger partial charge in [-0.3, -0.25) is 9.48 Å². The van der Waals surface area contributed by atoms with E-state index in [4.69, 9.17) is 5.73 Å². The maximum Gasteiger partial charge on any atom is 0.327 e. The van der Waals surface area contributed by atoms with Crippen molar-refractivity contribution in [2.75, 3.05) is 7.11 Å². The van der Waals surface area contributed by atoms with Gasteiger partial charge in [0, 0.05) is 5.69 Å². The Hall–Kier alpha value is -1.36. The van der Waals surface area contributed by atoms with E-state index in [0.717, 1.165) is 17.8 Å². The van der Waals surface area contributed by atoms with E-state index in [0.29, 0.717) is 6.54 Å². The average molecular weight is 239 g/mol. The summed E-state index contributed by atoms with van der Waals surface area (Å²) in [5.41, 5.74) is 8.15. The molecule has 5 nitrogen and oxygen atoms in total. The molecule has 0 saturated carbocycles. The summed E-state index contributed by atoms with van der Waals surface area (Å²) >= 11 is 0. The van der Waals surface area contributed by atoms with E-state index < -0.39 is 11.5 Å². The van der Waals surface area contributed by atoms with Crippen LogP contribution in [0.4, 0.5) is 0 Å². The van der Waals surface area contributed by atoms with Crippen LogP contribution in [0.5, 0.6) is 0 Å². The second-order valence-corrected chi connectivity index (χ2v) is 4.57. The number of methoxy groups -OCH3 is 1. The molecular formula is C12H21N3O2. The number of rotatable bonds is 4. The number of hydrogen-bond acceptors (Lipinski definition) is 4. The minimum Gasteiger partial charge on any atom is -0.468 e. The monoisotopic (exact) mass is 239 g/mol.